The number of alkyl carbamates (subject to hydrolysis) is 2. The third kappa shape index (κ3) is 24.9. The lowest BCUT2D eigenvalue weighted by Gasteiger charge is -2.22. The predicted molar refractivity (Wildman–Crippen MR) is 347 cm³/mol. The fourth-order valence-corrected chi connectivity index (χ4v) is 14.6. The summed E-state index contributed by atoms with van der Waals surface area (Å²) in [6.45, 7) is 16.0. The number of nitrogens with one attached hydrogen (secondary N) is 6. The van der Waals surface area contributed by atoms with E-state index in [9.17, 15) is 57.4 Å². The highest BCUT2D eigenvalue weighted by Crippen LogP contribution is 2.66. The predicted octanol–water partition coefficient (Wildman–Crippen LogP) is 5.37. The number of hydrogen-bond acceptors (Lipinski definition) is 23. The van der Waals surface area contributed by atoms with Crippen LogP contribution in [0.2, 0.25) is 0 Å². The van der Waals surface area contributed by atoms with Crippen LogP contribution in [0.1, 0.15) is 104 Å². The average Bonchev–Trinajstić information content (AvgIpc) is 1.19. The zero-order valence-corrected chi connectivity index (χ0v) is 57.4. The molecular formula is C58H79N7O25P3S2+. The van der Waals surface area contributed by atoms with E-state index >= 15 is 0 Å². The molecule has 6 rings (SSSR count). The number of phosphoric ester groups is 1. The van der Waals surface area contributed by atoms with Crippen LogP contribution in [0.25, 0.3) is 33.4 Å². The molecule has 1 saturated heterocycles. The normalized spacial score (nSPS) is 16.4. The number of aromatic nitrogens is 2. The van der Waals surface area contributed by atoms with E-state index in [1.807, 2.05) is 65.8 Å². The van der Waals surface area contributed by atoms with Crippen LogP contribution in [0.3, 0.4) is 0 Å². The van der Waals surface area contributed by atoms with Crippen LogP contribution in [0.15, 0.2) is 62.7 Å². The topological polar surface area (TPSA) is 443 Å². The molecule has 95 heavy (non-hydrogen) atoms. The second-order valence-corrected chi connectivity index (χ2v) is 28.8. The quantitative estimate of drug-likeness (QED) is 0.00453. The summed E-state index contributed by atoms with van der Waals surface area (Å²) in [5.74, 6) is 1.77. The molecule has 522 valence electrons. The molecule has 3 heterocycles. The molecule has 3 aliphatic rings. The molecule has 3 aromatic rings. The van der Waals surface area contributed by atoms with Crippen LogP contribution >= 0.6 is 45.1 Å². The first-order valence-electron chi connectivity index (χ1n) is 29.8. The largest absolute Gasteiger partial charge is 0.490 e. The highest BCUT2D eigenvalue weighted by Gasteiger charge is 2.44. The van der Waals surface area contributed by atoms with Gasteiger partial charge < -0.3 is 78.2 Å². The minimum Gasteiger partial charge on any atom is -0.478 e. The third-order valence-electron chi connectivity index (χ3n) is 13.6. The molecule has 3 unspecified atom stereocenters. The van der Waals surface area contributed by atoms with Gasteiger partial charge in [0.15, 0.2) is 0 Å². The van der Waals surface area contributed by atoms with E-state index in [2.05, 4.69) is 56.4 Å². The number of carbonyl (C=O) groups excluding carboxylic acids is 3. The number of rotatable bonds is 37. The second kappa shape index (κ2) is 36.8. The molecule has 0 bridgehead atoms. The number of aromatic amines is 1. The van der Waals surface area contributed by atoms with Gasteiger partial charge in [0.25, 0.3) is 11.5 Å². The molecule has 1 fully saturated rings. The molecule has 11 N–H and O–H groups in total. The number of aryl methyl sites for hydroxylation is 2. The highest BCUT2D eigenvalue weighted by molar-refractivity contribution is 8.77. The van der Waals surface area contributed by atoms with E-state index in [4.69, 9.17) is 47.4 Å². The molecular weight excluding hydrogens is 1350 g/mol. The Labute approximate surface area is 553 Å². The first kappa shape index (κ1) is 77.6. The number of ether oxygens (including phenoxy) is 7. The van der Waals surface area contributed by atoms with Gasteiger partial charge in [-0.25, -0.2) is 43.2 Å². The number of aromatic carboxylic acids is 1. The number of unbranched alkanes of at least 4 members (excludes halogenated alkanes) is 1. The van der Waals surface area contributed by atoms with E-state index in [1.54, 1.807) is 23.8 Å². The summed E-state index contributed by atoms with van der Waals surface area (Å²) in [5.41, 5.74) is 3.19. The van der Waals surface area contributed by atoms with Crippen molar-refractivity contribution in [3.63, 3.8) is 0 Å². The van der Waals surface area contributed by atoms with Crippen LogP contribution < -0.4 is 42.9 Å². The molecule has 1 aliphatic carbocycles. The maximum atomic E-state index is 13.5. The number of carbonyl (C=O) groups is 4. The molecule has 5 atom stereocenters. The zero-order chi connectivity index (χ0) is 69.5. The maximum Gasteiger partial charge on any atom is 0.490 e. The van der Waals surface area contributed by atoms with Gasteiger partial charge in [-0.3, -0.25) is 23.7 Å². The number of carboxylic acids is 1. The minimum atomic E-state index is -5.79. The molecule has 3 amide bonds. The van der Waals surface area contributed by atoms with Gasteiger partial charge in [0.05, 0.1) is 64.0 Å². The van der Waals surface area contributed by atoms with Gasteiger partial charge in [-0.1, -0.05) is 21.6 Å². The smallest absolute Gasteiger partial charge is 0.478 e. The fourth-order valence-electron chi connectivity index (χ4n) is 9.30. The monoisotopic (exact) mass is 1430 g/mol. The van der Waals surface area contributed by atoms with Gasteiger partial charge in [-0.2, -0.15) is 8.62 Å². The van der Waals surface area contributed by atoms with Gasteiger partial charge in [0.2, 0.25) is 5.36 Å². The summed E-state index contributed by atoms with van der Waals surface area (Å²) in [6, 6.07) is 14.6. The molecule has 2 aromatic carbocycles. The van der Waals surface area contributed by atoms with E-state index < -0.39 is 83.8 Å². The lowest BCUT2D eigenvalue weighted by molar-refractivity contribution is -0.496. The van der Waals surface area contributed by atoms with Crippen LogP contribution in [0, 0.1) is 25.8 Å². The Bertz CT molecular complexity index is 3870. The fraction of sp³-hybridized carbons (Fsp3) is 0.500. The Balaban J connectivity index is 0.801. The lowest BCUT2D eigenvalue weighted by atomic mass is 9.88. The van der Waals surface area contributed by atoms with Crippen molar-refractivity contribution in [2.24, 2.45) is 0 Å². The maximum absolute atomic E-state index is 13.5. The molecule has 37 heteroatoms. The second-order valence-electron chi connectivity index (χ2n) is 21.4. The van der Waals surface area contributed by atoms with Crippen LogP contribution in [0.5, 0.6) is 0 Å². The zero-order valence-electron chi connectivity index (χ0n) is 53.1. The highest BCUT2D eigenvalue weighted by atomic mass is 33.1. The Kier molecular flexibility index (Phi) is 30.0. The van der Waals surface area contributed by atoms with Crippen molar-refractivity contribution in [2.75, 3.05) is 96.9 Å². The Morgan fingerprint density at radius 1 is 0.832 bits per heavy atom. The Hall–Kier alpha value is -6.44. The standard InChI is InChI=1S/C58H78N7O25P3S2/c1-8-59-44-30-46-42(27-36(44)4)51(43-28-37(5)45(60-9-2)31-47(43)87-46)41-29-38(13-14-40(41)54(68)69)52(66)61-18-23-80-25-26-81-24-19-63-57(72)85-22-16-58(6,7)95-94-35-82-20-11-12-21-84-56(71)62-17-15-39-33-65(55(70)64-53(39)67)50-32-48(83-10-3)49(88-50)34-86-92(76,77)90-93(78,79)89-91(73,74)75/h13-14,27-31,33,48-50,59H,8-12,16,18-26,32,34-35H2,1-7H3,(H,61,66)(H,62,71)(H,63,72)(H,68,69)(H,76,77)(H,78,79)(H,64,67,70)(H2,73,74,75)/p+1/t48?,49-,50-/m1/s1. The van der Waals surface area contributed by atoms with Crippen molar-refractivity contribution in [2.45, 2.75) is 97.3 Å². The third-order valence-corrected chi connectivity index (χ3v) is 20.5. The van der Waals surface area contributed by atoms with Crippen LogP contribution in [0.4, 0.5) is 15.3 Å². The van der Waals surface area contributed by atoms with Crippen molar-refractivity contribution in [1.82, 2.24) is 25.5 Å². The minimum absolute atomic E-state index is 0.0170. The van der Waals surface area contributed by atoms with Crippen LogP contribution in [-0.4, -0.2) is 167 Å². The van der Waals surface area contributed by atoms with E-state index in [1.165, 1.54) is 22.9 Å². The van der Waals surface area contributed by atoms with Gasteiger partial charge in [0, 0.05) is 95.7 Å². The molecule has 0 saturated carbocycles. The van der Waals surface area contributed by atoms with E-state index in [-0.39, 0.29) is 87.2 Å². The van der Waals surface area contributed by atoms with Gasteiger partial charge >= 0.3 is 47.3 Å². The number of hydrogen-bond donors (Lipinski definition) is 11. The van der Waals surface area contributed by atoms with Gasteiger partial charge in [0.1, 0.15) is 41.7 Å². The summed E-state index contributed by atoms with van der Waals surface area (Å²) >= 11 is 0. The van der Waals surface area contributed by atoms with Gasteiger partial charge in [-0.05, 0) is 115 Å². The summed E-state index contributed by atoms with van der Waals surface area (Å²) in [7, 11) is -13.9. The van der Waals surface area contributed by atoms with Crippen molar-refractivity contribution >= 4 is 85.8 Å². The van der Waals surface area contributed by atoms with Crippen molar-refractivity contribution in [1.29, 1.82) is 0 Å². The summed E-state index contributed by atoms with van der Waals surface area (Å²) in [4.78, 5) is 118. The lowest BCUT2D eigenvalue weighted by Crippen LogP contribution is -2.76. The number of anilines is 1. The molecule has 1 aromatic heterocycles. The van der Waals surface area contributed by atoms with Gasteiger partial charge in [-0.15, -0.1) is 0 Å². The average molecular weight is 1430 g/mol. The Morgan fingerprint density at radius 3 is 2.24 bits per heavy atom. The summed E-state index contributed by atoms with van der Waals surface area (Å²) < 4.78 is 92.8. The number of phosphoric acid groups is 3. The van der Waals surface area contributed by atoms with E-state index in [0.29, 0.717) is 78.3 Å². The van der Waals surface area contributed by atoms with E-state index in [0.717, 1.165) is 32.9 Å². The number of H-pyrrole nitrogens is 1. The van der Waals surface area contributed by atoms with Crippen molar-refractivity contribution in [3.8, 4) is 34.4 Å². The van der Waals surface area contributed by atoms with Crippen molar-refractivity contribution in [3.05, 3.63) is 103 Å². The molecule has 0 spiro atoms. The summed E-state index contributed by atoms with van der Waals surface area (Å²) in [5, 5.41) is 23.0. The summed E-state index contributed by atoms with van der Waals surface area (Å²) in [6.07, 6.45) is -2.35. The first-order chi connectivity index (χ1) is 45.0. The first-order valence-corrected chi connectivity index (χ1v) is 36.6. The number of fused-ring (bicyclic) bond motifs is 2. The number of carboxylic acid groups (broad SMARTS) is 1. The van der Waals surface area contributed by atoms with Crippen LogP contribution in [-0.2, 0) is 60.0 Å². The Morgan fingerprint density at radius 2 is 1.55 bits per heavy atom. The molecule has 2 aliphatic heterocycles. The molecule has 0 radical (unpaired) electrons. The number of nitrogens with zero attached hydrogens (tertiary/aromatic N) is 1. The molecule has 32 nitrogen and oxygen atoms in total. The van der Waals surface area contributed by atoms with Crippen molar-refractivity contribution < 1.29 is 113 Å². The number of amides is 3. The number of benzene rings is 3. The SMILES string of the molecule is CCNc1cc2oc3cc(=[NH+]CC)c(C)cc-3c(-c3cc(C(=O)NCCOCCOCCNC(=O)OCCC(C)(C)SSCOCCCCOC(=O)NC#Cc4cn([C@H]5CC(OCC)[C@@H](COP(=O)(O)OP(=O)(O)OP(=O)(O)O)O5)c(=O)[nH]c4=O)ccc3C(=O)O)c2cc1C.